The molecule has 0 radical (unpaired) electrons. The van der Waals surface area contributed by atoms with Gasteiger partial charge in [-0.05, 0) is 6.42 Å². The van der Waals surface area contributed by atoms with Crippen LogP contribution in [0.4, 0.5) is 0 Å². The van der Waals surface area contributed by atoms with Crippen LogP contribution in [0, 0.1) is 5.92 Å². The van der Waals surface area contributed by atoms with Gasteiger partial charge in [0.2, 0.25) is 11.8 Å². The molecule has 2 heterocycles. The molecule has 0 aliphatic carbocycles. The molecule has 11 N–H and O–H groups in total. The first kappa shape index (κ1) is 37.0. The number of ether oxygens (including phenoxy) is 4. The Morgan fingerprint density at radius 1 is 0.814 bits per heavy atom. The molecule has 2 fully saturated rings. The van der Waals surface area contributed by atoms with Gasteiger partial charge < -0.3 is 75.5 Å². The van der Waals surface area contributed by atoms with Crippen molar-refractivity contribution in [3.63, 3.8) is 0 Å². The summed E-state index contributed by atoms with van der Waals surface area (Å²) < 4.78 is 21.5. The van der Waals surface area contributed by atoms with E-state index in [1.807, 2.05) is 0 Å². The molecule has 0 aromatic heterocycles. The van der Waals surface area contributed by atoms with Gasteiger partial charge in [0.05, 0.1) is 19.8 Å². The van der Waals surface area contributed by atoms with Crippen LogP contribution in [0.1, 0.15) is 12.8 Å². The minimum Gasteiger partial charge on any atom is -0.481 e. The number of aliphatic hydroxyl groups is 7. The lowest BCUT2D eigenvalue weighted by atomic mass is 9.97. The number of amides is 2. The summed E-state index contributed by atoms with van der Waals surface area (Å²) in [5.41, 5.74) is 0. The second-order valence-electron chi connectivity index (χ2n) is 9.73. The highest BCUT2D eigenvalue weighted by molar-refractivity contribution is 7.80. The van der Waals surface area contributed by atoms with E-state index in [0.717, 1.165) is 0 Å². The molecule has 12 atom stereocenters. The molecule has 2 aliphatic rings. The number of rotatable bonds is 16. The van der Waals surface area contributed by atoms with Crippen molar-refractivity contribution in [1.29, 1.82) is 0 Å². The number of aliphatic carboxylic acids is 2. The summed E-state index contributed by atoms with van der Waals surface area (Å²) in [6, 6.07) is -1.29. The zero-order valence-corrected chi connectivity index (χ0v) is 23.5. The van der Waals surface area contributed by atoms with E-state index >= 15 is 0 Å². The maximum atomic E-state index is 12.5. The van der Waals surface area contributed by atoms with Gasteiger partial charge in [-0.15, -0.1) is 0 Å². The highest BCUT2D eigenvalue weighted by Crippen LogP contribution is 2.29. The third-order valence-electron chi connectivity index (χ3n) is 6.72. The van der Waals surface area contributed by atoms with Crippen molar-refractivity contribution in [3.8, 4) is 0 Å². The number of nitrogens with one attached hydrogen (secondary N) is 2. The maximum Gasteiger partial charge on any atom is 0.316 e. The van der Waals surface area contributed by atoms with Gasteiger partial charge >= 0.3 is 11.9 Å². The Morgan fingerprint density at radius 2 is 1.42 bits per heavy atom. The van der Waals surface area contributed by atoms with Crippen molar-refractivity contribution in [1.82, 2.24) is 10.6 Å². The van der Waals surface area contributed by atoms with Crippen molar-refractivity contribution in [2.24, 2.45) is 5.92 Å². The van der Waals surface area contributed by atoms with E-state index in [-0.39, 0.29) is 18.9 Å². The molecule has 19 nitrogen and oxygen atoms in total. The van der Waals surface area contributed by atoms with Gasteiger partial charge in [0, 0.05) is 18.7 Å². The summed E-state index contributed by atoms with van der Waals surface area (Å²) in [6.07, 6.45) is -17.4. The van der Waals surface area contributed by atoms with Crippen LogP contribution in [0.5, 0.6) is 0 Å². The number of carbonyl (C=O) groups is 4. The quantitative estimate of drug-likeness (QED) is 0.0421. The third kappa shape index (κ3) is 9.89. The Labute approximate surface area is 249 Å². The highest BCUT2D eigenvalue weighted by Gasteiger charge is 2.50. The number of carboxylic acids is 2. The van der Waals surface area contributed by atoms with Gasteiger partial charge in [-0.3, -0.25) is 19.2 Å². The van der Waals surface area contributed by atoms with Gasteiger partial charge in [-0.2, -0.15) is 12.6 Å². The fourth-order valence-corrected chi connectivity index (χ4v) is 4.52. The predicted octanol–water partition coefficient (Wildman–Crippen LogP) is -6.28. The lowest BCUT2D eigenvalue weighted by Gasteiger charge is -2.45. The molecule has 2 aliphatic heterocycles. The van der Waals surface area contributed by atoms with Crippen LogP contribution in [-0.2, 0) is 38.1 Å². The van der Waals surface area contributed by atoms with Crippen LogP contribution in [0.15, 0.2) is 0 Å². The zero-order valence-electron chi connectivity index (χ0n) is 22.6. The van der Waals surface area contributed by atoms with Crippen molar-refractivity contribution >= 4 is 36.4 Å². The molecular weight excluding hydrogens is 608 g/mol. The second-order valence-corrected chi connectivity index (χ2v) is 10.1. The van der Waals surface area contributed by atoms with Crippen molar-refractivity contribution in [3.05, 3.63) is 0 Å². The zero-order chi connectivity index (χ0) is 32.4. The molecule has 2 amide bonds. The molecule has 2 rings (SSSR count). The van der Waals surface area contributed by atoms with E-state index in [2.05, 4.69) is 23.3 Å². The topological polar surface area (TPSA) is 311 Å². The van der Waals surface area contributed by atoms with Gasteiger partial charge in [0.1, 0.15) is 60.8 Å². The highest BCUT2D eigenvalue weighted by atomic mass is 32.1. The van der Waals surface area contributed by atoms with Gasteiger partial charge in [-0.25, -0.2) is 0 Å². The number of thiol groups is 1. The molecule has 0 aromatic rings. The molecule has 2 saturated heterocycles. The molecule has 0 saturated carbocycles. The Balaban J connectivity index is 1.89. The van der Waals surface area contributed by atoms with Crippen molar-refractivity contribution < 1.29 is 84.1 Å². The van der Waals surface area contributed by atoms with E-state index < -0.39 is 123 Å². The molecule has 20 heteroatoms. The summed E-state index contributed by atoms with van der Waals surface area (Å²) in [6.45, 7) is -2.10. The minimum absolute atomic E-state index is 0.238. The normalized spacial score (nSPS) is 34.1. The molecule has 0 aromatic carbocycles. The number of carboxylic acid groups (broad SMARTS) is 2. The number of aliphatic hydroxyl groups excluding tert-OH is 7. The average Bonchev–Trinajstić information content (AvgIpc) is 2.96. The smallest absolute Gasteiger partial charge is 0.316 e. The van der Waals surface area contributed by atoms with Crippen LogP contribution in [0.25, 0.3) is 0 Å². The van der Waals surface area contributed by atoms with Crippen molar-refractivity contribution in [2.75, 3.05) is 32.1 Å². The maximum absolute atomic E-state index is 12.5. The predicted molar refractivity (Wildman–Crippen MR) is 139 cm³/mol. The van der Waals surface area contributed by atoms with E-state index in [0.29, 0.717) is 0 Å². The monoisotopic (exact) mass is 646 g/mol. The molecule has 12 unspecified atom stereocenters. The van der Waals surface area contributed by atoms with E-state index in [1.165, 1.54) is 0 Å². The summed E-state index contributed by atoms with van der Waals surface area (Å²) >= 11 is 3.96. The molecule has 248 valence electrons. The molecule has 43 heavy (non-hydrogen) atoms. The van der Waals surface area contributed by atoms with E-state index in [4.69, 9.17) is 24.1 Å². The fourth-order valence-electron chi connectivity index (χ4n) is 4.27. The summed E-state index contributed by atoms with van der Waals surface area (Å²) in [7, 11) is 0. The van der Waals surface area contributed by atoms with Gasteiger partial charge in [-0.1, -0.05) is 0 Å². The SMILES string of the molecule is O=C(O)CCC(C(=O)O)C(=O)NC(CS)C(=O)NCCOC1OC(CO)C(OC2OC(CO)C(O)C(O)C2O)C(O)C1O. The molecular formula is C23H38N2O17S. The molecule has 0 spiro atoms. The largest absolute Gasteiger partial charge is 0.481 e. The number of carbonyl (C=O) groups excluding carboxylic acids is 2. The van der Waals surface area contributed by atoms with Crippen LogP contribution >= 0.6 is 12.6 Å². The Bertz CT molecular complexity index is 942. The van der Waals surface area contributed by atoms with Gasteiger partial charge in [0.25, 0.3) is 0 Å². The van der Waals surface area contributed by atoms with E-state index in [9.17, 15) is 60.0 Å². The van der Waals surface area contributed by atoms with Crippen LogP contribution < -0.4 is 10.6 Å². The first-order valence-corrected chi connectivity index (χ1v) is 13.7. The second kappa shape index (κ2) is 17.3. The summed E-state index contributed by atoms with van der Waals surface area (Å²) in [4.78, 5) is 46.8. The Morgan fingerprint density at radius 3 is 1.98 bits per heavy atom. The van der Waals surface area contributed by atoms with Crippen LogP contribution in [0.3, 0.4) is 0 Å². The van der Waals surface area contributed by atoms with Crippen LogP contribution in [0.2, 0.25) is 0 Å². The van der Waals surface area contributed by atoms with E-state index in [1.54, 1.807) is 0 Å². The summed E-state index contributed by atoms with van der Waals surface area (Å²) in [5.74, 6) is -6.69. The minimum atomic E-state index is -1.83. The third-order valence-corrected chi connectivity index (χ3v) is 7.09. The Hall–Kier alpha value is -2.21. The standard InChI is InChI=1S/C23H38N2O17S/c26-5-10-13(30)14(31)16(33)23(40-10)42-18-11(6-27)41-22(17(34)15(18)32)39-4-3-24-20(36)9(7-43)25-19(35)8(21(37)38)1-2-12(28)29/h8-11,13-18,22-23,26-27,30-34,43H,1-7H2,(H,24,36)(H,25,35)(H,28,29)(H,37,38). The van der Waals surface area contributed by atoms with Gasteiger partial charge in [0.15, 0.2) is 12.6 Å². The number of hydrogen-bond donors (Lipinski definition) is 12. The molecule has 0 bridgehead atoms. The summed E-state index contributed by atoms with van der Waals surface area (Å²) in [5, 5.41) is 92.7. The lowest BCUT2D eigenvalue weighted by Crippen LogP contribution is -2.64. The van der Waals surface area contributed by atoms with Crippen LogP contribution in [-0.4, -0.2) is 169 Å². The Kier molecular flexibility index (Phi) is 14.9. The number of hydrogen-bond acceptors (Lipinski definition) is 16. The fraction of sp³-hybridized carbons (Fsp3) is 0.826. The lowest BCUT2D eigenvalue weighted by molar-refractivity contribution is -0.359. The average molecular weight is 647 g/mol. The first-order valence-electron chi connectivity index (χ1n) is 13.1. The van der Waals surface area contributed by atoms with Crippen molar-refractivity contribution in [2.45, 2.75) is 80.3 Å². The first-order chi connectivity index (χ1) is 20.3.